The Labute approximate surface area is 91.0 Å². The Balaban J connectivity index is 3.50. The highest BCUT2D eigenvalue weighted by Crippen LogP contribution is 2.34. The second-order valence-corrected chi connectivity index (χ2v) is 3.11. The number of nitrogens with two attached hydrogens (primary N) is 2. The third-order valence-electron chi connectivity index (χ3n) is 2.14. The Kier molecular flexibility index (Phi) is 3.40. The quantitative estimate of drug-likeness (QED) is 0.490. The van der Waals surface area contributed by atoms with Crippen LogP contribution in [-0.2, 0) is 0 Å². The highest BCUT2D eigenvalue weighted by Gasteiger charge is 2.24. The molecule has 0 saturated heterocycles. The van der Waals surface area contributed by atoms with Gasteiger partial charge in [-0.05, 0) is 6.07 Å². The molecule has 5 N–H and O–H groups in total. The lowest BCUT2D eigenvalue weighted by atomic mass is 10.0. The molecule has 0 aliphatic rings. The van der Waals surface area contributed by atoms with E-state index in [4.69, 9.17) is 16.7 Å². The fourth-order valence-corrected chi connectivity index (χ4v) is 1.33. The van der Waals surface area contributed by atoms with Crippen LogP contribution in [0.5, 0.6) is 5.75 Å². The molecule has 0 aliphatic carbocycles. The van der Waals surface area contributed by atoms with Crippen molar-refractivity contribution >= 4 is 5.69 Å². The highest BCUT2D eigenvalue weighted by molar-refractivity contribution is 5.58. The fraction of sp³-hybridized carbons (Fsp3) is 0.222. The predicted octanol–water partition coefficient (Wildman–Crippen LogP) is 0.131. The minimum atomic E-state index is -0.881. The molecule has 0 bridgehead atoms. The van der Waals surface area contributed by atoms with Gasteiger partial charge in [0.1, 0.15) is 11.8 Å². The molecular formula is C9H10N4O3. The van der Waals surface area contributed by atoms with Gasteiger partial charge in [0.2, 0.25) is 0 Å². The van der Waals surface area contributed by atoms with Crippen molar-refractivity contribution in [3.05, 3.63) is 33.4 Å². The van der Waals surface area contributed by atoms with E-state index in [-0.39, 0.29) is 23.4 Å². The largest absolute Gasteiger partial charge is 0.506 e. The molecular weight excluding hydrogens is 212 g/mol. The van der Waals surface area contributed by atoms with Crippen LogP contribution >= 0.6 is 0 Å². The molecule has 0 fully saturated rings. The number of aromatic hydroxyl groups is 1. The van der Waals surface area contributed by atoms with E-state index in [9.17, 15) is 15.2 Å². The summed E-state index contributed by atoms with van der Waals surface area (Å²) in [7, 11) is 0. The topological polar surface area (TPSA) is 139 Å². The lowest BCUT2D eigenvalue weighted by Gasteiger charge is -2.12. The van der Waals surface area contributed by atoms with Crippen LogP contribution in [0.3, 0.4) is 0 Å². The standard InChI is InChI=1S/C9H10N4O3/c10-3-5-1-2-7(13(15)16)8(9(5)14)6(12)4-11/h1-2,6,14H,4,11-12H2/t6-/m1/s1. The summed E-state index contributed by atoms with van der Waals surface area (Å²) < 4.78 is 0. The number of nitriles is 1. The lowest BCUT2D eigenvalue weighted by molar-refractivity contribution is -0.385. The summed E-state index contributed by atoms with van der Waals surface area (Å²) in [6.07, 6.45) is 0. The Morgan fingerprint density at radius 2 is 2.25 bits per heavy atom. The summed E-state index contributed by atoms with van der Waals surface area (Å²) in [4.78, 5) is 10.0. The smallest absolute Gasteiger partial charge is 0.278 e. The summed E-state index contributed by atoms with van der Waals surface area (Å²) in [5.41, 5.74) is 10.3. The maximum Gasteiger partial charge on any atom is 0.278 e. The van der Waals surface area contributed by atoms with E-state index in [2.05, 4.69) is 0 Å². The molecule has 0 aromatic heterocycles. The Morgan fingerprint density at radius 3 is 2.69 bits per heavy atom. The van der Waals surface area contributed by atoms with Crippen LogP contribution in [0.1, 0.15) is 17.2 Å². The maximum atomic E-state index is 10.7. The number of hydrogen-bond donors (Lipinski definition) is 3. The van der Waals surface area contributed by atoms with E-state index in [1.165, 1.54) is 6.07 Å². The van der Waals surface area contributed by atoms with Gasteiger partial charge in [-0.15, -0.1) is 0 Å². The summed E-state index contributed by atoms with van der Waals surface area (Å²) in [5.74, 6) is -0.477. The first-order chi connectivity index (χ1) is 7.52. The van der Waals surface area contributed by atoms with Gasteiger partial charge in [-0.3, -0.25) is 10.1 Å². The number of phenols is 1. The summed E-state index contributed by atoms with van der Waals surface area (Å²) in [5, 5.41) is 29.0. The zero-order chi connectivity index (χ0) is 12.3. The molecule has 84 valence electrons. The molecule has 1 aromatic rings. The first-order valence-corrected chi connectivity index (χ1v) is 4.39. The molecule has 7 nitrogen and oxygen atoms in total. The minimum Gasteiger partial charge on any atom is -0.506 e. The van der Waals surface area contributed by atoms with Crippen LogP contribution < -0.4 is 11.5 Å². The van der Waals surface area contributed by atoms with E-state index >= 15 is 0 Å². The van der Waals surface area contributed by atoms with Crippen LogP contribution in [0.25, 0.3) is 0 Å². The van der Waals surface area contributed by atoms with Gasteiger partial charge in [0.15, 0.2) is 0 Å². The van der Waals surface area contributed by atoms with Crippen molar-refractivity contribution < 1.29 is 10.0 Å². The predicted molar refractivity (Wildman–Crippen MR) is 55.5 cm³/mol. The second kappa shape index (κ2) is 4.57. The number of rotatable bonds is 3. The third-order valence-corrected chi connectivity index (χ3v) is 2.14. The Bertz CT molecular complexity index is 467. The van der Waals surface area contributed by atoms with E-state index in [1.54, 1.807) is 6.07 Å². The minimum absolute atomic E-state index is 0.0653. The van der Waals surface area contributed by atoms with Crippen molar-refractivity contribution in [1.82, 2.24) is 0 Å². The van der Waals surface area contributed by atoms with Gasteiger partial charge in [-0.25, -0.2) is 0 Å². The monoisotopic (exact) mass is 222 g/mol. The fourth-order valence-electron chi connectivity index (χ4n) is 1.33. The van der Waals surface area contributed by atoms with Crippen molar-refractivity contribution in [2.75, 3.05) is 6.54 Å². The average molecular weight is 222 g/mol. The molecule has 1 atom stereocenters. The second-order valence-electron chi connectivity index (χ2n) is 3.11. The number of benzene rings is 1. The average Bonchev–Trinajstić information content (AvgIpc) is 2.27. The number of phenolic OH excluding ortho intramolecular Hbond substituents is 1. The van der Waals surface area contributed by atoms with E-state index in [1.807, 2.05) is 0 Å². The van der Waals surface area contributed by atoms with Gasteiger partial charge in [-0.1, -0.05) is 0 Å². The van der Waals surface area contributed by atoms with Gasteiger partial charge < -0.3 is 16.6 Å². The zero-order valence-corrected chi connectivity index (χ0v) is 8.25. The molecule has 0 saturated carbocycles. The first-order valence-electron chi connectivity index (χ1n) is 4.39. The number of nitro benzene ring substituents is 1. The number of hydrogen-bond acceptors (Lipinski definition) is 6. The molecule has 7 heteroatoms. The third kappa shape index (κ3) is 1.93. The molecule has 0 aliphatic heterocycles. The Morgan fingerprint density at radius 1 is 1.62 bits per heavy atom. The van der Waals surface area contributed by atoms with E-state index in [0.29, 0.717) is 0 Å². The molecule has 0 heterocycles. The van der Waals surface area contributed by atoms with E-state index < -0.39 is 16.7 Å². The van der Waals surface area contributed by atoms with Gasteiger partial charge in [-0.2, -0.15) is 5.26 Å². The van der Waals surface area contributed by atoms with Crippen molar-refractivity contribution in [2.24, 2.45) is 11.5 Å². The van der Waals surface area contributed by atoms with Crippen LogP contribution in [0.15, 0.2) is 12.1 Å². The molecule has 1 rings (SSSR count). The zero-order valence-electron chi connectivity index (χ0n) is 8.25. The molecule has 1 aromatic carbocycles. The maximum absolute atomic E-state index is 10.7. The lowest BCUT2D eigenvalue weighted by Crippen LogP contribution is -2.22. The first kappa shape index (κ1) is 11.9. The SMILES string of the molecule is N#Cc1ccc([N+](=O)[O-])c([C@H](N)CN)c1O. The van der Waals surface area contributed by atoms with Crippen molar-refractivity contribution in [3.8, 4) is 11.8 Å². The van der Waals surface area contributed by atoms with Crippen molar-refractivity contribution in [3.63, 3.8) is 0 Å². The van der Waals surface area contributed by atoms with Gasteiger partial charge in [0.25, 0.3) is 5.69 Å². The van der Waals surface area contributed by atoms with Crippen LogP contribution in [0.4, 0.5) is 5.69 Å². The summed E-state index contributed by atoms with van der Waals surface area (Å²) in [6, 6.07) is 3.13. The molecule has 0 unspecified atom stereocenters. The van der Waals surface area contributed by atoms with Gasteiger partial charge in [0, 0.05) is 12.6 Å². The number of nitrogens with zero attached hydrogens (tertiary/aromatic N) is 2. The van der Waals surface area contributed by atoms with Crippen molar-refractivity contribution in [2.45, 2.75) is 6.04 Å². The highest BCUT2D eigenvalue weighted by atomic mass is 16.6. The van der Waals surface area contributed by atoms with Crippen LogP contribution in [-0.4, -0.2) is 16.6 Å². The molecule has 0 radical (unpaired) electrons. The summed E-state index contributed by atoms with van der Waals surface area (Å²) >= 11 is 0. The Hall–Kier alpha value is -2.17. The van der Waals surface area contributed by atoms with E-state index in [0.717, 1.165) is 6.07 Å². The normalized spacial score (nSPS) is 11.8. The summed E-state index contributed by atoms with van der Waals surface area (Å²) in [6.45, 7) is -0.0662. The van der Waals surface area contributed by atoms with Gasteiger partial charge in [0.05, 0.1) is 22.1 Å². The van der Waals surface area contributed by atoms with Crippen LogP contribution in [0.2, 0.25) is 0 Å². The molecule has 0 spiro atoms. The molecule has 16 heavy (non-hydrogen) atoms. The van der Waals surface area contributed by atoms with Gasteiger partial charge >= 0.3 is 0 Å². The number of nitro groups is 1. The van der Waals surface area contributed by atoms with Crippen molar-refractivity contribution in [1.29, 1.82) is 5.26 Å². The van der Waals surface area contributed by atoms with Crippen LogP contribution in [0, 0.1) is 21.4 Å². The molecule has 0 amide bonds.